The van der Waals surface area contributed by atoms with Gasteiger partial charge >= 0.3 is 0 Å². The van der Waals surface area contributed by atoms with Crippen molar-refractivity contribution in [2.75, 3.05) is 11.5 Å². The van der Waals surface area contributed by atoms with Gasteiger partial charge < -0.3 is 5.32 Å². The Hall–Kier alpha value is -0.540. The van der Waals surface area contributed by atoms with Crippen LogP contribution in [-0.2, 0) is 6.54 Å². The fourth-order valence-corrected chi connectivity index (χ4v) is 1.96. The Morgan fingerprint density at radius 3 is 2.77 bits per heavy atom. The largest absolute Gasteiger partial charge is 0.308 e. The van der Waals surface area contributed by atoms with E-state index in [-0.39, 0.29) is 5.82 Å². The maximum Gasteiger partial charge on any atom is 0.127 e. The quantitative estimate of drug-likeness (QED) is 0.795. The predicted molar refractivity (Wildman–Crippen MR) is 54.4 cm³/mol. The van der Waals surface area contributed by atoms with Gasteiger partial charge in [-0.1, -0.05) is 18.2 Å². The zero-order valence-electron chi connectivity index (χ0n) is 7.29. The molecule has 0 aromatic heterocycles. The Kier molecular flexibility index (Phi) is 2.86. The van der Waals surface area contributed by atoms with Crippen molar-refractivity contribution in [1.82, 2.24) is 5.32 Å². The summed E-state index contributed by atoms with van der Waals surface area (Å²) in [6, 6.07) is 7.51. The van der Waals surface area contributed by atoms with Crippen molar-refractivity contribution in [2.45, 2.75) is 12.6 Å². The van der Waals surface area contributed by atoms with Gasteiger partial charge in [0.25, 0.3) is 0 Å². The summed E-state index contributed by atoms with van der Waals surface area (Å²) in [5, 5.41) is 3.32. The lowest BCUT2D eigenvalue weighted by Gasteiger charge is -2.26. The topological polar surface area (TPSA) is 12.0 Å². The number of benzene rings is 1. The molecule has 1 aliphatic heterocycles. The summed E-state index contributed by atoms with van der Waals surface area (Å²) in [7, 11) is 0. The van der Waals surface area contributed by atoms with E-state index in [0.29, 0.717) is 12.6 Å². The summed E-state index contributed by atoms with van der Waals surface area (Å²) >= 11 is 1.93. The highest BCUT2D eigenvalue weighted by molar-refractivity contribution is 8.00. The number of rotatable bonds is 3. The van der Waals surface area contributed by atoms with E-state index in [4.69, 9.17) is 0 Å². The third-order valence-corrected chi connectivity index (χ3v) is 3.45. The molecule has 1 heterocycles. The average Bonchev–Trinajstić information content (AvgIpc) is 2.05. The molecule has 0 unspecified atom stereocenters. The van der Waals surface area contributed by atoms with Gasteiger partial charge in [0.1, 0.15) is 5.82 Å². The molecule has 1 saturated heterocycles. The summed E-state index contributed by atoms with van der Waals surface area (Å²) in [6.45, 7) is 0.651. The minimum atomic E-state index is -0.109. The van der Waals surface area contributed by atoms with Gasteiger partial charge in [0.05, 0.1) is 0 Å². The molecule has 0 amide bonds. The van der Waals surface area contributed by atoms with Crippen LogP contribution in [-0.4, -0.2) is 17.5 Å². The first-order valence-corrected chi connectivity index (χ1v) is 5.56. The van der Waals surface area contributed by atoms with Gasteiger partial charge in [0, 0.05) is 29.7 Å². The van der Waals surface area contributed by atoms with E-state index < -0.39 is 0 Å². The molecule has 0 radical (unpaired) electrons. The smallest absolute Gasteiger partial charge is 0.127 e. The third-order valence-electron chi connectivity index (χ3n) is 2.18. The van der Waals surface area contributed by atoms with Crippen LogP contribution in [0.3, 0.4) is 0 Å². The van der Waals surface area contributed by atoms with Crippen LogP contribution in [0.25, 0.3) is 0 Å². The fourth-order valence-electron chi connectivity index (χ4n) is 1.25. The zero-order chi connectivity index (χ0) is 9.10. The lowest BCUT2D eigenvalue weighted by atomic mass is 10.2. The van der Waals surface area contributed by atoms with Crippen molar-refractivity contribution >= 4 is 11.8 Å². The van der Waals surface area contributed by atoms with Crippen LogP contribution >= 0.6 is 11.8 Å². The summed E-state index contributed by atoms with van der Waals surface area (Å²) in [4.78, 5) is 0. The third kappa shape index (κ3) is 2.23. The van der Waals surface area contributed by atoms with E-state index in [9.17, 15) is 4.39 Å². The van der Waals surface area contributed by atoms with E-state index >= 15 is 0 Å². The second kappa shape index (κ2) is 4.11. The molecule has 1 aliphatic rings. The SMILES string of the molecule is Fc1ccccc1CNC1CSC1. The minimum Gasteiger partial charge on any atom is -0.308 e. The van der Waals surface area contributed by atoms with Gasteiger partial charge in [0.2, 0.25) is 0 Å². The first-order chi connectivity index (χ1) is 6.36. The first kappa shape index (κ1) is 9.03. The molecule has 0 saturated carbocycles. The molecule has 3 heteroatoms. The van der Waals surface area contributed by atoms with E-state index in [1.165, 1.54) is 6.07 Å². The molecule has 0 spiro atoms. The summed E-state index contributed by atoms with van der Waals surface area (Å²) in [6.07, 6.45) is 0. The predicted octanol–water partition coefficient (Wildman–Crippen LogP) is 2.03. The fraction of sp³-hybridized carbons (Fsp3) is 0.400. The molecule has 2 rings (SSSR count). The van der Waals surface area contributed by atoms with Crippen LogP contribution in [0.4, 0.5) is 4.39 Å². The van der Waals surface area contributed by atoms with Gasteiger partial charge in [-0.15, -0.1) is 0 Å². The Labute approximate surface area is 81.7 Å². The van der Waals surface area contributed by atoms with Crippen LogP contribution in [0, 0.1) is 5.82 Å². The van der Waals surface area contributed by atoms with E-state index in [1.54, 1.807) is 6.07 Å². The van der Waals surface area contributed by atoms with Gasteiger partial charge in [-0.25, -0.2) is 4.39 Å². The molecule has 1 aromatic rings. The monoisotopic (exact) mass is 197 g/mol. The Morgan fingerprint density at radius 1 is 1.38 bits per heavy atom. The number of nitrogens with one attached hydrogen (secondary N) is 1. The number of thioether (sulfide) groups is 1. The zero-order valence-corrected chi connectivity index (χ0v) is 8.11. The normalized spacial score (nSPS) is 17.0. The molecular formula is C10H12FNS. The molecule has 0 bridgehead atoms. The molecule has 70 valence electrons. The molecule has 1 nitrogen and oxygen atoms in total. The van der Waals surface area contributed by atoms with E-state index in [2.05, 4.69) is 5.32 Å². The van der Waals surface area contributed by atoms with Gasteiger partial charge in [-0.05, 0) is 6.07 Å². The number of halogens is 1. The molecule has 0 aliphatic carbocycles. The van der Waals surface area contributed by atoms with Crippen LogP contribution in [0.1, 0.15) is 5.56 Å². The number of hydrogen-bond donors (Lipinski definition) is 1. The second-order valence-corrected chi connectivity index (χ2v) is 4.28. The molecule has 13 heavy (non-hydrogen) atoms. The highest BCUT2D eigenvalue weighted by Crippen LogP contribution is 2.18. The molecule has 0 atom stereocenters. The van der Waals surface area contributed by atoms with Crippen molar-refractivity contribution in [1.29, 1.82) is 0 Å². The summed E-state index contributed by atoms with van der Waals surface area (Å²) in [5.74, 6) is 2.21. The van der Waals surface area contributed by atoms with Crippen molar-refractivity contribution in [3.63, 3.8) is 0 Å². The second-order valence-electron chi connectivity index (χ2n) is 3.21. The van der Waals surface area contributed by atoms with E-state index in [1.807, 2.05) is 23.9 Å². The molecule has 1 fully saturated rings. The van der Waals surface area contributed by atoms with Crippen molar-refractivity contribution in [2.24, 2.45) is 0 Å². The van der Waals surface area contributed by atoms with Gasteiger partial charge in [-0.2, -0.15) is 11.8 Å². The van der Waals surface area contributed by atoms with Crippen LogP contribution in [0.2, 0.25) is 0 Å². The highest BCUT2D eigenvalue weighted by Gasteiger charge is 2.17. The summed E-state index contributed by atoms with van der Waals surface area (Å²) in [5.41, 5.74) is 0.763. The Balaban J connectivity index is 1.89. The lowest BCUT2D eigenvalue weighted by Crippen LogP contribution is -2.39. The van der Waals surface area contributed by atoms with Crippen LogP contribution in [0.15, 0.2) is 24.3 Å². The van der Waals surface area contributed by atoms with Crippen LogP contribution in [0.5, 0.6) is 0 Å². The Morgan fingerprint density at radius 2 is 2.15 bits per heavy atom. The van der Waals surface area contributed by atoms with Gasteiger partial charge in [0.15, 0.2) is 0 Å². The number of hydrogen-bond acceptors (Lipinski definition) is 2. The lowest BCUT2D eigenvalue weighted by molar-refractivity contribution is 0.550. The Bertz CT molecular complexity index is 286. The molecule has 1 N–H and O–H groups in total. The average molecular weight is 197 g/mol. The van der Waals surface area contributed by atoms with Crippen molar-refractivity contribution in [3.8, 4) is 0 Å². The highest BCUT2D eigenvalue weighted by atomic mass is 32.2. The minimum absolute atomic E-state index is 0.109. The standard InChI is InChI=1S/C10H12FNS/c11-10-4-2-1-3-8(10)5-12-9-6-13-7-9/h1-4,9,12H,5-7H2. The first-order valence-electron chi connectivity index (χ1n) is 4.41. The molecular weight excluding hydrogens is 185 g/mol. The maximum absolute atomic E-state index is 13.1. The van der Waals surface area contributed by atoms with Crippen LogP contribution < -0.4 is 5.32 Å². The molecule has 1 aromatic carbocycles. The van der Waals surface area contributed by atoms with E-state index in [0.717, 1.165) is 17.1 Å². The summed E-state index contributed by atoms with van der Waals surface area (Å²) < 4.78 is 13.1. The maximum atomic E-state index is 13.1. The van der Waals surface area contributed by atoms with Crippen molar-refractivity contribution in [3.05, 3.63) is 35.6 Å². The van der Waals surface area contributed by atoms with Gasteiger partial charge in [-0.3, -0.25) is 0 Å². The van der Waals surface area contributed by atoms with Crippen molar-refractivity contribution < 1.29 is 4.39 Å².